The van der Waals surface area contributed by atoms with Crippen molar-refractivity contribution in [1.29, 1.82) is 0 Å². The van der Waals surface area contributed by atoms with E-state index in [1.165, 1.54) is 21.1 Å². The maximum Gasteiger partial charge on any atom is 0.246 e. The van der Waals surface area contributed by atoms with E-state index < -0.39 is 41.6 Å². The lowest BCUT2D eigenvalue weighted by molar-refractivity contribution is -0.144. The zero-order valence-electron chi connectivity index (χ0n) is 42.4. The van der Waals surface area contributed by atoms with Gasteiger partial charge < -0.3 is 35.8 Å². The van der Waals surface area contributed by atoms with E-state index in [0.29, 0.717) is 42.5 Å². The minimum absolute atomic E-state index is 0.0185. The number of aliphatic hydroxyl groups is 2. The van der Waals surface area contributed by atoms with Gasteiger partial charge in [0, 0.05) is 53.1 Å². The SMILES string of the molecule is Cc1sc2c(c1C)C(c1ccc(Cl)cc1)=N[C@@H](CC(=O)NC1CC(OC3CCN(CC(=O)NC(C(=O)N4C[C@H](O)C[C@H]4C(=O)N[C@@H](C)c4ccc(-c5scnc5CO)cc4)C(C)(C)C)CC3)C1)c1nnc(C)n1-2. The van der Waals surface area contributed by atoms with Gasteiger partial charge in [-0.05, 0) is 87.6 Å². The third-order valence-corrected chi connectivity index (χ3v) is 17.0. The second-order valence-electron chi connectivity index (χ2n) is 21.0. The lowest BCUT2D eigenvalue weighted by Gasteiger charge is -2.40. The van der Waals surface area contributed by atoms with Crippen molar-refractivity contribution in [3.8, 4) is 15.4 Å². The van der Waals surface area contributed by atoms with E-state index in [4.69, 9.17) is 21.3 Å². The van der Waals surface area contributed by atoms with E-state index in [2.05, 4.69) is 49.9 Å². The number of piperidine rings is 1. The molecule has 20 heteroatoms. The Balaban J connectivity index is 0.735. The summed E-state index contributed by atoms with van der Waals surface area (Å²) in [6, 6.07) is 12.5. The molecule has 5 aromatic rings. The third-order valence-electron chi connectivity index (χ3n) is 14.6. The van der Waals surface area contributed by atoms with Crippen LogP contribution in [0.25, 0.3) is 15.4 Å². The van der Waals surface area contributed by atoms with Crippen LogP contribution in [0.4, 0.5) is 0 Å². The van der Waals surface area contributed by atoms with Crippen LogP contribution in [0.3, 0.4) is 0 Å². The van der Waals surface area contributed by atoms with Crippen molar-refractivity contribution in [2.24, 2.45) is 10.4 Å². The molecule has 1 unspecified atom stereocenters. The maximum atomic E-state index is 14.3. The van der Waals surface area contributed by atoms with Gasteiger partial charge in [0.2, 0.25) is 23.6 Å². The van der Waals surface area contributed by atoms with Crippen LogP contribution < -0.4 is 16.0 Å². The molecule has 6 heterocycles. The van der Waals surface area contributed by atoms with Gasteiger partial charge in [-0.3, -0.25) is 33.6 Å². The summed E-state index contributed by atoms with van der Waals surface area (Å²) in [5, 5.41) is 40.2. The number of nitrogens with one attached hydrogen (secondary N) is 3. The van der Waals surface area contributed by atoms with Gasteiger partial charge in [-0.2, -0.15) is 0 Å². The number of aliphatic hydroxyl groups excluding tert-OH is 2. The fourth-order valence-electron chi connectivity index (χ4n) is 10.3. The molecule has 4 amide bonds. The Kier molecular flexibility index (Phi) is 15.7. The number of amides is 4. The Morgan fingerprint density at radius 1 is 0.918 bits per heavy atom. The second kappa shape index (κ2) is 21.8. The normalized spacial score (nSPS) is 22.1. The minimum Gasteiger partial charge on any atom is -0.391 e. The van der Waals surface area contributed by atoms with Crippen LogP contribution in [0.5, 0.6) is 0 Å². The average molecular weight is 1050 g/mol. The monoisotopic (exact) mass is 1050 g/mol. The first-order valence-corrected chi connectivity index (χ1v) is 27.2. The summed E-state index contributed by atoms with van der Waals surface area (Å²) in [6.07, 6.45) is 2.24. The Labute approximate surface area is 438 Å². The fraction of sp³-hybridized carbons (Fsp3) is 0.509. The molecule has 5 atom stereocenters. The van der Waals surface area contributed by atoms with Crippen molar-refractivity contribution >= 4 is 63.6 Å². The second-order valence-corrected chi connectivity index (χ2v) is 23.5. The number of thiazole rings is 1. The molecule has 1 aliphatic carbocycles. The van der Waals surface area contributed by atoms with Crippen molar-refractivity contribution < 1.29 is 34.1 Å². The van der Waals surface area contributed by atoms with Gasteiger partial charge >= 0.3 is 0 Å². The predicted molar refractivity (Wildman–Crippen MR) is 281 cm³/mol. The topological polar surface area (TPSA) is 216 Å². The van der Waals surface area contributed by atoms with E-state index in [9.17, 15) is 29.4 Å². The van der Waals surface area contributed by atoms with Gasteiger partial charge in [-0.15, -0.1) is 32.9 Å². The van der Waals surface area contributed by atoms with Crippen molar-refractivity contribution in [2.75, 3.05) is 26.2 Å². The molecule has 17 nitrogen and oxygen atoms in total. The van der Waals surface area contributed by atoms with Crippen LogP contribution in [0.2, 0.25) is 5.02 Å². The van der Waals surface area contributed by atoms with Crippen molar-refractivity contribution in [2.45, 2.75) is 142 Å². The number of carbonyl (C=O) groups excluding carboxylic acids is 4. The highest BCUT2D eigenvalue weighted by atomic mass is 35.5. The van der Waals surface area contributed by atoms with Crippen LogP contribution >= 0.6 is 34.3 Å². The molecule has 0 radical (unpaired) electrons. The first-order chi connectivity index (χ1) is 34.8. The summed E-state index contributed by atoms with van der Waals surface area (Å²) in [6.45, 7) is 14.8. The predicted octanol–water partition coefficient (Wildman–Crippen LogP) is 6.30. The zero-order valence-corrected chi connectivity index (χ0v) is 44.7. The van der Waals surface area contributed by atoms with E-state index in [0.717, 1.165) is 62.1 Å². The average Bonchev–Trinajstić information content (AvgIpc) is 4.13. The minimum atomic E-state index is -0.937. The summed E-state index contributed by atoms with van der Waals surface area (Å²) < 4.78 is 8.54. The standard InChI is InChI=1S/C53H65ClN10O7S2/c1-28-30(3)73-52-45(28)46(33-12-14-35(54)15-13-33)58-40(49-61-60-31(4)64(49)52)23-43(67)57-36-20-39(21-36)71-38-16-18-62(19-17-38)25-44(68)59-48(53(5,6)7)51(70)63-24-37(66)22-42(63)50(69)56-29(2)32-8-10-34(11-9-32)47-41(26-65)55-27-72-47/h8-15,27,29,36-40,42,48,65-66H,16-26H2,1-7H3,(H,56,69)(H,57,67)(H,59,68)/t29-,36?,37+,39?,40-,42-,48?/m0/s1. The van der Waals surface area contributed by atoms with Gasteiger partial charge in [0.15, 0.2) is 5.82 Å². The molecule has 73 heavy (non-hydrogen) atoms. The van der Waals surface area contributed by atoms with Gasteiger partial charge in [-0.25, -0.2) is 4.98 Å². The molecule has 0 bridgehead atoms. The number of ether oxygens (including phenoxy) is 1. The summed E-state index contributed by atoms with van der Waals surface area (Å²) in [5.41, 5.74) is 7.24. The van der Waals surface area contributed by atoms with Crippen molar-refractivity contribution in [3.63, 3.8) is 0 Å². The highest BCUT2D eigenvalue weighted by Gasteiger charge is 2.45. The van der Waals surface area contributed by atoms with Crippen LogP contribution in [0.1, 0.15) is 123 Å². The van der Waals surface area contributed by atoms with E-state index in [-0.39, 0.29) is 68.5 Å². The van der Waals surface area contributed by atoms with Gasteiger partial charge in [0.05, 0.1) is 65.7 Å². The van der Waals surface area contributed by atoms with E-state index >= 15 is 0 Å². The van der Waals surface area contributed by atoms with E-state index in [1.807, 2.05) is 87.7 Å². The smallest absolute Gasteiger partial charge is 0.246 e. The molecule has 1 saturated carbocycles. The van der Waals surface area contributed by atoms with Crippen LogP contribution in [0, 0.1) is 26.2 Å². The fourth-order valence-corrected chi connectivity index (χ4v) is 12.5. The van der Waals surface area contributed by atoms with E-state index in [1.54, 1.807) is 16.8 Å². The van der Waals surface area contributed by atoms with Crippen molar-refractivity contribution in [3.05, 3.63) is 104 Å². The lowest BCUT2D eigenvalue weighted by Crippen LogP contribution is -2.59. The van der Waals surface area contributed by atoms with Gasteiger partial charge in [-0.1, -0.05) is 68.8 Å². The molecule has 3 fully saturated rings. The number of likely N-dealkylation sites (tertiary alicyclic amines) is 2. The number of benzene rings is 2. The van der Waals surface area contributed by atoms with Gasteiger partial charge in [0.1, 0.15) is 29.0 Å². The summed E-state index contributed by atoms with van der Waals surface area (Å²) in [7, 11) is 0. The number of aromatic nitrogens is 4. The Bertz CT molecular complexity index is 2860. The highest BCUT2D eigenvalue weighted by Crippen LogP contribution is 2.40. The number of hydrogen-bond donors (Lipinski definition) is 5. The molecule has 5 N–H and O–H groups in total. The molecule has 4 aliphatic rings. The van der Waals surface area contributed by atoms with Crippen molar-refractivity contribution in [1.82, 2.24) is 45.5 Å². The first kappa shape index (κ1) is 52.5. The quantitative estimate of drug-likeness (QED) is 0.0784. The Morgan fingerprint density at radius 2 is 1.62 bits per heavy atom. The molecule has 3 aliphatic heterocycles. The molecular weight excluding hydrogens is 988 g/mol. The summed E-state index contributed by atoms with van der Waals surface area (Å²) in [4.78, 5) is 70.4. The van der Waals surface area contributed by atoms with Crippen LogP contribution in [-0.4, -0.2) is 132 Å². The number of halogens is 1. The lowest BCUT2D eigenvalue weighted by atomic mass is 9.85. The Hall–Kier alpha value is -5.41. The number of nitrogens with zero attached hydrogens (tertiary/aromatic N) is 7. The Morgan fingerprint density at radius 3 is 2.30 bits per heavy atom. The molecule has 388 valence electrons. The number of thiophene rings is 1. The molecule has 9 rings (SSSR count). The first-order valence-electron chi connectivity index (χ1n) is 25.1. The zero-order chi connectivity index (χ0) is 51.9. The highest BCUT2D eigenvalue weighted by molar-refractivity contribution is 7.15. The number of aryl methyl sites for hydroxylation is 2. The molecule has 3 aromatic heterocycles. The molecule has 2 aromatic carbocycles. The number of β-amino-alcohol motifs (C(OH)–C–C–N with tert-alkyl or cyclic N) is 1. The number of rotatable bonds is 15. The number of aliphatic imine (C=N–C) groups is 1. The molecule has 2 saturated heterocycles. The number of carbonyl (C=O) groups is 4. The maximum absolute atomic E-state index is 14.3. The largest absolute Gasteiger partial charge is 0.391 e. The van der Waals surface area contributed by atoms with Gasteiger partial charge in [0.25, 0.3) is 0 Å². The summed E-state index contributed by atoms with van der Waals surface area (Å²) in [5.74, 6) is 0.173. The van der Waals surface area contributed by atoms with Crippen LogP contribution in [0.15, 0.2) is 59.0 Å². The number of hydrogen-bond acceptors (Lipinski definition) is 14. The number of fused-ring (bicyclic) bond motifs is 3. The summed E-state index contributed by atoms with van der Waals surface area (Å²) >= 11 is 9.39. The third kappa shape index (κ3) is 11.5. The molecule has 0 spiro atoms. The molecular formula is C53H65ClN10O7S2. The van der Waals surface area contributed by atoms with Crippen LogP contribution in [-0.2, 0) is 30.5 Å².